The summed E-state index contributed by atoms with van der Waals surface area (Å²) in [5.41, 5.74) is -4.70. The van der Waals surface area contributed by atoms with Gasteiger partial charge < -0.3 is 10.6 Å². The second kappa shape index (κ2) is 9.42. The van der Waals surface area contributed by atoms with Crippen LogP contribution >= 0.6 is 23.2 Å². The van der Waals surface area contributed by atoms with Crippen LogP contribution in [0.15, 0.2) is 36.4 Å². The quantitative estimate of drug-likeness (QED) is 0.392. The molecule has 35 heavy (non-hydrogen) atoms. The minimum Gasteiger partial charge on any atom is -0.355 e. The van der Waals surface area contributed by atoms with Crippen LogP contribution in [0.2, 0.25) is 10.0 Å². The zero-order valence-corrected chi connectivity index (χ0v) is 19.2. The lowest BCUT2D eigenvalue weighted by Gasteiger charge is -2.17. The van der Waals surface area contributed by atoms with E-state index in [1.54, 1.807) is 0 Å². The second-order valence-electron chi connectivity index (χ2n) is 7.16. The molecule has 2 amide bonds. The van der Waals surface area contributed by atoms with Crippen molar-refractivity contribution in [2.75, 3.05) is 12.4 Å². The van der Waals surface area contributed by atoms with Gasteiger partial charge in [-0.05, 0) is 42.8 Å². The van der Waals surface area contributed by atoms with Crippen LogP contribution < -0.4 is 10.6 Å². The number of nitrogens with one attached hydrogen (secondary N) is 2. The van der Waals surface area contributed by atoms with Gasteiger partial charge in [0.15, 0.2) is 5.69 Å². The lowest BCUT2D eigenvalue weighted by Crippen LogP contribution is -2.24. The van der Waals surface area contributed by atoms with Crippen LogP contribution in [0, 0.1) is 6.92 Å². The minimum atomic E-state index is -5.07. The third kappa shape index (κ3) is 5.54. The SMILES string of the molecule is CNC(=O)c1cc(Cl)cc(C)c1NC(=O)c1cc(C(F)(F)F)nn1-c1ccc(Cl)cc1C(F)(F)F. The molecule has 0 radical (unpaired) electrons. The standard InChI is InChI=1S/C21H14Cl2F6N4O2/c1-9-5-11(23)6-12(18(34)30-2)17(9)31-19(35)15-8-16(21(27,28)29)32-33(15)14-4-3-10(22)7-13(14)20(24,25)26/h3-8H,1-2H3,(H,30,34)(H,31,35). The smallest absolute Gasteiger partial charge is 0.355 e. The van der Waals surface area contributed by atoms with Crippen LogP contribution in [-0.4, -0.2) is 28.6 Å². The van der Waals surface area contributed by atoms with Crippen molar-refractivity contribution in [1.82, 2.24) is 15.1 Å². The van der Waals surface area contributed by atoms with Gasteiger partial charge in [-0.2, -0.15) is 31.4 Å². The van der Waals surface area contributed by atoms with Crippen LogP contribution in [0.25, 0.3) is 5.69 Å². The van der Waals surface area contributed by atoms with E-state index in [1.165, 1.54) is 26.1 Å². The number of alkyl halides is 6. The first-order valence-electron chi connectivity index (χ1n) is 9.51. The highest BCUT2D eigenvalue weighted by Gasteiger charge is 2.39. The molecule has 2 N–H and O–H groups in total. The van der Waals surface area contributed by atoms with E-state index in [4.69, 9.17) is 23.2 Å². The summed E-state index contributed by atoms with van der Waals surface area (Å²) in [5.74, 6) is -1.93. The van der Waals surface area contributed by atoms with Crippen molar-refractivity contribution >= 4 is 40.7 Å². The molecule has 6 nitrogen and oxygen atoms in total. The molecule has 0 aliphatic rings. The highest BCUT2D eigenvalue weighted by atomic mass is 35.5. The third-order valence-electron chi connectivity index (χ3n) is 4.74. The molecule has 186 valence electrons. The number of amides is 2. The van der Waals surface area contributed by atoms with Gasteiger partial charge in [-0.1, -0.05) is 23.2 Å². The highest BCUT2D eigenvalue weighted by Crippen LogP contribution is 2.37. The number of carbonyl (C=O) groups excluding carboxylic acids is 2. The summed E-state index contributed by atoms with van der Waals surface area (Å²) in [7, 11) is 1.30. The molecule has 0 saturated carbocycles. The van der Waals surface area contributed by atoms with E-state index in [0.717, 1.165) is 12.1 Å². The second-order valence-corrected chi connectivity index (χ2v) is 8.03. The molecule has 0 fully saturated rings. The van der Waals surface area contributed by atoms with Crippen molar-refractivity contribution in [3.8, 4) is 5.69 Å². The van der Waals surface area contributed by atoms with E-state index < -0.39 is 46.8 Å². The maximum Gasteiger partial charge on any atom is 0.435 e. The minimum absolute atomic E-state index is 0.104. The maximum atomic E-state index is 13.6. The van der Waals surface area contributed by atoms with Crippen LogP contribution in [0.4, 0.5) is 32.0 Å². The molecule has 0 bridgehead atoms. The number of carbonyl (C=O) groups is 2. The number of aromatic nitrogens is 2. The summed E-state index contributed by atoms with van der Waals surface area (Å²) in [5, 5.41) is 7.64. The van der Waals surface area contributed by atoms with Crippen molar-refractivity contribution in [1.29, 1.82) is 0 Å². The fourth-order valence-electron chi connectivity index (χ4n) is 3.19. The number of benzene rings is 2. The van der Waals surface area contributed by atoms with Crippen molar-refractivity contribution in [2.45, 2.75) is 19.3 Å². The number of rotatable bonds is 4. The fourth-order valence-corrected chi connectivity index (χ4v) is 3.63. The molecule has 0 aliphatic heterocycles. The summed E-state index contributed by atoms with van der Waals surface area (Å²) >= 11 is 11.6. The molecule has 1 aromatic heterocycles. The van der Waals surface area contributed by atoms with Crippen molar-refractivity contribution in [2.24, 2.45) is 0 Å². The van der Waals surface area contributed by atoms with E-state index in [1.807, 2.05) is 0 Å². The Kier molecular flexibility index (Phi) is 7.09. The van der Waals surface area contributed by atoms with Gasteiger partial charge in [-0.3, -0.25) is 9.59 Å². The lowest BCUT2D eigenvalue weighted by atomic mass is 10.1. The summed E-state index contributed by atoms with van der Waals surface area (Å²) in [6, 6.07) is 5.19. The number of nitrogens with zero attached hydrogens (tertiary/aromatic N) is 2. The average molecular weight is 539 g/mol. The summed E-state index contributed by atoms with van der Waals surface area (Å²) in [4.78, 5) is 25.3. The molecular formula is C21H14Cl2F6N4O2. The van der Waals surface area contributed by atoms with Crippen molar-refractivity contribution in [3.05, 3.63) is 74.5 Å². The van der Waals surface area contributed by atoms with Gasteiger partial charge in [-0.25, -0.2) is 4.68 Å². The Hall–Kier alpha value is -3.25. The number of hydrogen-bond acceptors (Lipinski definition) is 3. The van der Waals surface area contributed by atoms with Crippen LogP contribution in [0.5, 0.6) is 0 Å². The molecular weight excluding hydrogens is 525 g/mol. The Morgan fingerprint density at radius 2 is 1.57 bits per heavy atom. The zero-order valence-electron chi connectivity index (χ0n) is 17.7. The molecule has 3 rings (SSSR count). The van der Waals surface area contributed by atoms with Gasteiger partial charge >= 0.3 is 12.4 Å². The van der Waals surface area contributed by atoms with Gasteiger partial charge in [0.25, 0.3) is 11.8 Å². The van der Waals surface area contributed by atoms with Crippen LogP contribution in [0.1, 0.15) is 37.7 Å². The summed E-state index contributed by atoms with van der Waals surface area (Å²) in [6.07, 6.45) is -10.1. The van der Waals surface area contributed by atoms with Crippen molar-refractivity contribution < 1.29 is 35.9 Å². The molecule has 0 aliphatic carbocycles. The average Bonchev–Trinajstić information content (AvgIpc) is 3.20. The number of hydrogen-bond donors (Lipinski definition) is 2. The summed E-state index contributed by atoms with van der Waals surface area (Å²) in [6.45, 7) is 1.47. The van der Waals surface area contributed by atoms with E-state index in [0.29, 0.717) is 12.1 Å². The Bertz CT molecular complexity index is 1320. The lowest BCUT2D eigenvalue weighted by molar-refractivity contribution is -0.141. The Morgan fingerprint density at radius 1 is 0.914 bits per heavy atom. The molecule has 2 aromatic carbocycles. The molecule has 0 atom stereocenters. The molecule has 0 saturated heterocycles. The number of aryl methyl sites for hydroxylation is 1. The van der Waals surface area contributed by atoms with E-state index in [2.05, 4.69) is 15.7 Å². The van der Waals surface area contributed by atoms with Crippen molar-refractivity contribution in [3.63, 3.8) is 0 Å². The number of halogens is 8. The summed E-state index contributed by atoms with van der Waals surface area (Å²) < 4.78 is 81.3. The van der Waals surface area contributed by atoms with Gasteiger partial charge in [0.2, 0.25) is 0 Å². The topological polar surface area (TPSA) is 76.0 Å². The molecule has 0 spiro atoms. The Labute approximate surface area is 203 Å². The van der Waals surface area contributed by atoms with Gasteiger partial charge in [0.05, 0.1) is 22.5 Å². The monoisotopic (exact) mass is 538 g/mol. The van der Waals surface area contributed by atoms with E-state index >= 15 is 0 Å². The molecule has 0 unspecified atom stereocenters. The van der Waals surface area contributed by atoms with E-state index in [-0.39, 0.29) is 31.5 Å². The number of anilines is 1. The first-order chi connectivity index (χ1) is 16.1. The van der Waals surface area contributed by atoms with Crippen LogP contribution in [-0.2, 0) is 12.4 Å². The highest BCUT2D eigenvalue weighted by molar-refractivity contribution is 6.31. The largest absolute Gasteiger partial charge is 0.435 e. The molecule has 14 heteroatoms. The van der Waals surface area contributed by atoms with Gasteiger partial charge in [-0.15, -0.1) is 0 Å². The normalized spacial score (nSPS) is 11.9. The Balaban J connectivity index is 2.21. The molecule has 3 aromatic rings. The van der Waals surface area contributed by atoms with Crippen LogP contribution in [0.3, 0.4) is 0 Å². The Morgan fingerprint density at radius 3 is 2.14 bits per heavy atom. The first kappa shape index (κ1) is 26.4. The molecule has 1 heterocycles. The zero-order chi connectivity index (χ0) is 26.3. The fraction of sp³-hybridized carbons (Fsp3) is 0.190. The predicted octanol–water partition coefficient (Wildman–Crippen LogP) is 6.14. The first-order valence-corrected chi connectivity index (χ1v) is 10.3. The van der Waals surface area contributed by atoms with Gasteiger partial charge in [0, 0.05) is 23.2 Å². The third-order valence-corrected chi connectivity index (χ3v) is 5.19. The predicted molar refractivity (Wildman–Crippen MR) is 116 cm³/mol. The maximum absolute atomic E-state index is 13.6. The van der Waals surface area contributed by atoms with Gasteiger partial charge in [0.1, 0.15) is 5.69 Å². The van der Waals surface area contributed by atoms with E-state index in [9.17, 15) is 35.9 Å².